The monoisotopic (exact) mass is 163 g/mol. The average molecular weight is 163 g/mol. The number of rotatable bonds is 3. The van der Waals surface area contributed by atoms with Gasteiger partial charge >= 0.3 is 0 Å². The van der Waals surface area contributed by atoms with Crippen LogP contribution in [-0.2, 0) is 11.2 Å². The maximum atomic E-state index is 10.2. The molecule has 0 aromatic heterocycles. The molecule has 64 valence electrons. The van der Waals surface area contributed by atoms with Crippen LogP contribution in [0.2, 0.25) is 0 Å². The molecule has 0 amide bonds. The number of carbonyl (C=O) groups is 1. The summed E-state index contributed by atoms with van der Waals surface area (Å²) in [6.45, 7) is 0. The van der Waals surface area contributed by atoms with Crippen molar-refractivity contribution < 1.29 is 4.79 Å². The quantitative estimate of drug-likeness (QED) is 0.629. The predicted octanol–water partition coefficient (Wildman–Crippen LogP) is 1.49. The first-order valence-corrected chi connectivity index (χ1v) is 3.94. The first kappa shape index (κ1) is 8.78. The van der Waals surface area contributed by atoms with Crippen LogP contribution in [0.25, 0.3) is 0 Å². The summed E-state index contributed by atoms with van der Waals surface area (Å²) in [5.74, 6) is 0. The Morgan fingerprint density at radius 1 is 1.25 bits per heavy atom. The predicted molar refractivity (Wildman–Crippen MR) is 50.5 cm³/mol. The Balaban J connectivity index is 2.78. The number of nitrogens with zero attached hydrogens (tertiary/aromatic N) is 1. The summed E-state index contributed by atoms with van der Waals surface area (Å²) >= 11 is 0. The number of hydrogen-bond acceptors (Lipinski definition) is 2. The van der Waals surface area contributed by atoms with Crippen LogP contribution in [0.1, 0.15) is 5.56 Å². The van der Waals surface area contributed by atoms with Crippen molar-refractivity contribution in [2.45, 2.75) is 6.42 Å². The maximum Gasteiger partial charge on any atom is 0.124 e. The topological polar surface area (TPSA) is 20.3 Å². The molecule has 12 heavy (non-hydrogen) atoms. The Bertz CT molecular complexity index is 251. The molecule has 0 fully saturated rings. The van der Waals surface area contributed by atoms with E-state index in [-0.39, 0.29) is 0 Å². The first-order valence-electron chi connectivity index (χ1n) is 3.94. The van der Waals surface area contributed by atoms with Gasteiger partial charge in [0.05, 0.1) is 0 Å². The maximum absolute atomic E-state index is 10.2. The zero-order chi connectivity index (χ0) is 8.97. The number of benzene rings is 1. The van der Waals surface area contributed by atoms with Crippen molar-refractivity contribution in [3.05, 3.63) is 29.8 Å². The van der Waals surface area contributed by atoms with Gasteiger partial charge in [0.1, 0.15) is 6.29 Å². The standard InChI is InChI=1S/C10H13NO/c1-11(2)10-5-3-9(4-6-10)7-8-12/h3-6,8H,7H2,1-2H3. The molecule has 0 saturated carbocycles. The smallest absolute Gasteiger partial charge is 0.124 e. The fourth-order valence-electron chi connectivity index (χ4n) is 1.03. The van der Waals surface area contributed by atoms with Gasteiger partial charge in [0.15, 0.2) is 0 Å². The lowest BCUT2D eigenvalue weighted by molar-refractivity contribution is -0.107. The van der Waals surface area contributed by atoms with Crippen LogP contribution in [0.15, 0.2) is 24.3 Å². The molecule has 0 aliphatic heterocycles. The molecule has 0 unspecified atom stereocenters. The molecule has 0 bridgehead atoms. The summed E-state index contributed by atoms with van der Waals surface area (Å²) in [6, 6.07) is 7.98. The van der Waals surface area contributed by atoms with Gasteiger partial charge in [-0.05, 0) is 17.7 Å². The van der Waals surface area contributed by atoms with Crippen LogP contribution in [-0.4, -0.2) is 20.4 Å². The van der Waals surface area contributed by atoms with Gasteiger partial charge in [-0.3, -0.25) is 0 Å². The van der Waals surface area contributed by atoms with E-state index in [9.17, 15) is 4.79 Å². The Morgan fingerprint density at radius 3 is 2.25 bits per heavy atom. The molecule has 0 spiro atoms. The number of carbonyl (C=O) groups excluding carboxylic acids is 1. The third-order valence-electron chi connectivity index (χ3n) is 1.77. The molecule has 0 saturated heterocycles. The van der Waals surface area contributed by atoms with Gasteiger partial charge < -0.3 is 9.69 Å². The van der Waals surface area contributed by atoms with Gasteiger partial charge in [-0.1, -0.05) is 12.1 Å². The van der Waals surface area contributed by atoms with Gasteiger partial charge in [0.2, 0.25) is 0 Å². The van der Waals surface area contributed by atoms with Gasteiger partial charge in [0, 0.05) is 26.2 Å². The molecule has 1 aromatic rings. The Kier molecular flexibility index (Phi) is 2.86. The van der Waals surface area contributed by atoms with E-state index in [1.54, 1.807) is 0 Å². The van der Waals surface area contributed by atoms with Crippen LogP contribution < -0.4 is 4.90 Å². The molecule has 2 nitrogen and oxygen atoms in total. The SMILES string of the molecule is CN(C)c1ccc(CC=O)cc1. The van der Waals surface area contributed by atoms with Gasteiger partial charge in [-0.2, -0.15) is 0 Å². The fourth-order valence-corrected chi connectivity index (χ4v) is 1.03. The third kappa shape index (κ3) is 2.09. The zero-order valence-corrected chi connectivity index (χ0v) is 7.45. The van der Waals surface area contributed by atoms with E-state index in [2.05, 4.69) is 0 Å². The van der Waals surface area contributed by atoms with Crippen molar-refractivity contribution in [1.29, 1.82) is 0 Å². The lowest BCUT2D eigenvalue weighted by atomic mass is 10.1. The van der Waals surface area contributed by atoms with Crippen molar-refractivity contribution >= 4 is 12.0 Å². The van der Waals surface area contributed by atoms with Gasteiger partial charge in [0.25, 0.3) is 0 Å². The molecule has 0 radical (unpaired) electrons. The second kappa shape index (κ2) is 3.90. The van der Waals surface area contributed by atoms with Crippen LogP contribution in [0.5, 0.6) is 0 Å². The highest BCUT2D eigenvalue weighted by molar-refractivity contribution is 5.56. The van der Waals surface area contributed by atoms with Gasteiger partial charge in [-0.25, -0.2) is 0 Å². The molecule has 1 aromatic carbocycles. The van der Waals surface area contributed by atoms with Crippen molar-refractivity contribution in [2.24, 2.45) is 0 Å². The molecule has 0 N–H and O–H groups in total. The Morgan fingerprint density at radius 2 is 1.83 bits per heavy atom. The van der Waals surface area contributed by atoms with Crippen molar-refractivity contribution in [3.8, 4) is 0 Å². The van der Waals surface area contributed by atoms with E-state index >= 15 is 0 Å². The van der Waals surface area contributed by atoms with Crippen LogP contribution in [0.3, 0.4) is 0 Å². The number of anilines is 1. The minimum absolute atomic E-state index is 0.508. The van der Waals surface area contributed by atoms with E-state index < -0.39 is 0 Å². The molecular weight excluding hydrogens is 150 g/mol. The number of hydrogen-bond donors (Lipinski definition) is 0. The van der Waals surface area contributed by atoms with E-state index in [0.29, 0.717) is 6.42 Å². The van der Waals surface area contributed by atoms with Crippen molar-refractivity contribution in [3.63, 3.8) is 0 Å². The summed E-state index contributed by atoms with van der Waals surface area (Å²) in [7, 11) is 3.99. The van der Waals surface area contributed by atoms with Crippen molar-refractivity contribution in [1.82, 2.24) is 0 Å². The minimum atomic E-state index is 0.508. The van der Waals surface area contributed by atoms with Gasteiger partial charge in [-0.15, -0.1) is 0 Å². The summed E-state index contributed by atoms with van der Waals surface area (Å²) in [5, 5.41) is 0. The summed E-state index contributed by atoms with van der Waals surface area (Å²) < 4.78 is 0. The van der Waals surface area contributed by atoms with E-state index in [1.807, 2.05) is 43.3 Å². The number of aldehydes is 1. The first-order chi connectivity index (χ1) is 5.74. The average Bonchev–Trinajstić information content (AvgIpc) is 2.06. The van der Waals surface area contributed by atoms with Crippen LogP contribution in [0, 0.1) is 0 Å². The molecule has 0 aliphatic rings. The van der Waals surface area contributed by atoms with Crippen molar-refractivity contribution in [2.75, 3.05) is 19.0 Å². The summed E-state index contributed by atoms with van der Waals surface area (Å²) in [4.78, 5) is 12.2. The highest BCUT2D eigenvalue weighted by Crippen LogP contribution is 2.11. The zero-order valence-electron chi connectivity index (χ0n) is 7.45. The molecule has 2 heteroatoms. The second-order valence-electron chi connectivity index (χ2n) is 2.93. The summed E-state index contributed by atoms with van der Waals surface area (Å²) in [6.07, 6.45) is 1.43. The lowest BCUT2D eigenvalue weighted by Gasteiger charge is -2.11. The Labute approximate surface area is 72.8 Å². The summed E-state index contributed by atoms with van der Waals surface area (Å²) in [5.41, 5.74) is 2.22. The van der Waals surface area contributed by atoms with E-state index in [4.69, 9.17) is 0 Å². The van der Waals surface area contributed by atoms with Crippen LogP contribution in [0.4, 0.5) is 5.69 Å². The fraction of sp³-hybridized carbons (Fsp3) is 0.300. The molecule has 0 heterocycles. The minimum Gasteiger partial charge on any atom is -0.378 e. The van der Waals surface area contributed by atoms with E-state index in [0.717, 1.165) is 17.5 Å². The molecule has 0 atom stereocenters. The Hall–Kier alpha value is -1.31. The second-order valence-corrected chi connectivity index (χ2v) is 2.93. The molecule has 0 aliphatic carbocycles. The molecule has 1 rings (SSSR count). The van der Waals surface area contributed by atoms with E-state index in [1.165, 1.54) is 0 Å². The van der Waals surface area contributed by atoms with Crippen LogP contribution >= 0.6 is 0 Å². The largest absolute Gasteiger partial charge is 0.378 e. The third-order valence-corrected chi connectivity index (χ3v) is 1.77. The molecular formula is C10H13NO. The normalized spacial score (nSPS) is 9.50. The lowest BCUT2D eigenvalue weighted by Crippen LogP contribution is -2.08. The highest BCUT2D eigenvalue weighted by Gasteiger charge is 1.94. The highest BCUT2D eigenvalue weighted by atomic mass is 16.1.